The minimum Gasteiger partial charge on any atom is -0.357 e. The fourth-order valence-electron chi connectivity index (χ4n) is 1.22. The SMILES string of the molecule is O=C(NNC(=O)c1cc(Cl)c[nH]1)c1ccc[nH]1. The molecule has 0 aliphatic heterocycles. The molecule has 0 aliphatic rings. The Hall–Kier alpha value is -2.21. The van der Waals surface area contributed by atoms with Crippen LogP contribution in [0.4, 0.5) is 0 Å². The fraction of sp³-hybridized carbons (Fsp3) is 0. The topological polar surface area (TPSA) is 89.8 Å². The van der Waals surface area contributed by atoms with Crippen molar-refractivity contribution in [1.82, 2.24) is 20.8 Å². The first kappa shape index (κ1) is 11.3. The van der Waals surface area contributed by atoms with Crippen molar-refractivity contribution in [2.75, 3.05) is 0 Å². The van der Waals surface area contributed by atoms with Crippen LogP contribution in [0, 0.1) is 0 Å². The summed E-state index contributed by atoms with van der Waals surface area (Å²) < 4.78 is 0. The van der Waals surface area contributed by atoms with E-state index in [2.05, 4.69) is 20.8 Å². The third-order valence-electron chi connectivity index (χ3n) is 2.02. The molecule has 0 saturated carbocycles. The van der Waals surface area contributed by atoms with E-state index in [9.17, 15) is 9.59 Å². The van der Waals surface area contributed by atoms with Gasteiger partial charge in [0.2, 0.25) is 0 Å². The lowest BCUT2D eigenvalue weighted by atomic mass is 10.4. The number of hydrogen-bond donors (Lipinski definition) is 4. The lowest BCUT2D eigenvalue weighted by molar-refractivity contribution is 0.0842. The zero-order chi connectivity index (χ0) is 12.3. The van der Waals surface area contributed by atoms with Gasteiger partial charge in [0.25, 0.3) is 11.8 Å². The number of hydrazine groups is 1. The highest BCUT2D eigenvalue weighted by atomic mass is 35.5. The Morgan fingerprint density at radius 1 is 1.12 bits per heavy atom. The van der Waals surface area contributed by atoms with Gasteiger partial charge in [-0.1, -0.05) is 11.6 Å². The molecule has 0 fully saturated rings. The molecule has 0 bridgehead atoms. The van der Waals surface area contributed by atoms with Crippen molar-refractivity contribution >= 4 is 23.4 Å². The van der Waals surface area contributed by atoms with Gasteiger partial charge >= 0.3 is 0 Å². The first-order valence-corrected chi connectivity index (χ1v) is 5.12. The molecule has 6 nitrogen and oxygen atoms in total. The molecule has 0 radical (unpaired) electrons. The molecule has 2 aromatic rings. The third-order valence-corrected chi connectivity index (χ3v) is 2.24. The number of nitrogens with one attached hydrogen (secondary N) is 4. The number of aromatic nitrogens is 2. The molecule has 2 amide bonds. The van der Waals surface area contributed by atoms with E-state index in [4.69, 9.17) is 11.6 Å². The number of hydrogen-bond acceptors (Lipinski definition) is 2. The summed E-state index contributed by atoms with van der Waals surface area (Å²) in [5, 5.41) is 0.422. The van der Waals surface area contributed by atoms with Crippen LogP contribution in [0.3, 0.4) is 0 Å². The van der Waals surface area contributed by atoms with Gasteiger partial charge in [0.15, 0.2) is 0 Å². The quantitative estimate of drug-likeness (QED) is 0.602. The minimum absolute atomic E-state index is 0.266. The van der Waals surface area contributed by atoms with Crippen LogP contribution in [0.1, 0.15) is 21.0 Å². The number of rotatable bonds is 2. The van der Waals surface area contributed by atoms with Crippen molar-refractivity contribution in [2.24, 2.45) is 0 Å². The summed E-state index contributed by atoms with van der Waals surface area (Å²) in [5.74, 6) is -0.905. The van der Waals surface area contributed by atoms with Crippen molar-refractivity contribution in [3.63, 3.8) is 0 Å². The van der Waals surface area contributed by atoms with Crippen LogP contribution in [-0.2, 0) is 0 Å². The molecule has 0 aromatic carbocycles. The molecule has 2 aromatic heterocycles. The van der Waals surface area contributed by atoms with Gasteiger partial charge < -0.3 is 9.97 Å². The van der Waals surface area contributed by atoms with Gasteiger partial charge in [-0.2, -0.15) is 0 Å². The molecule has 17 heavy (non-hydrogen) atoms. The number of carbonyl (C=O) groups is 2. The number of carbonyl (C=O) groups excluding carboxylic acids is 2. The van der Waals surface area contributed by atoms with Crippen LogP contribution in [0.2, 0.25) is 5.02 Å². The standard InChI is InChI=1S/C10H9ClN4O2/c11-6-4-8(13-5-6)10(17)15-14-9(16)7-2-1-3-12-7/h1-5,12-13H,(H,14,16)(H,15,17). The maximum atomic E-state index is 11.5. The zero-order valence-electron chi connectivity index (χ0n) is 8.58. The maximum absolute atomic E-state index is 11.5. The van der Waals surface area contributed by atoms with Gasteiger partial charge in [0, 0.05) is 12.4 Å². The third kappa shape index (κ3) is 2.67. The van der Waals surface area contributed by atoms with Gasteiger partial charge in [-0.05, 0) is 18.2 Å². The molecule has 0 spiro atoms. The highest BCUT2D eigenvalue weighted by Gasteiger charge is 2.10. The maximum Gasteiger partial charge on any atom is 0.286 e. The predicted molar refractivity (Wildman–Crippen MR) is 61.5 cm³/mol. The summed E-state index contributed by atoms with van der Waals surface area (Å²) in [6.07, 6.45) is 3.09. The lowest BCUT2D eigenvalue weighted by Crippen LogP contribution is -2.41. The van der Waals surface area contributed by atoms with Gasteiger partial charge in [0.1, 0.15) is 11.4 Å². The zero-order valence-corrected chi connectivity index (χ0v) is 9.34. The molecular formula is C10H9ClN4O2. The van der Waals surface area contributed by atoms with Gasteiger partial charge in [-0.3, -0.25) is 20.4 Å². The Morgan fingerprint density at radius 2 is 1.82 bits per heavy atom. The van der Waals surface area contributed by atoms with E-state index in [1.54, 1.807) is 18.3 Å². The highest BCUT2D eigenvalue weighted by Crippen LogP contribution is 2.08. The minimum atomic E-state index is -0.475. The first-order chi connectivity index (χ1) is 8.16. The van der Waals surface area contributed by atoms with E-state index in [1.165, 1.54) is 12.3 Å². The molecular weight excluding hydrogens is 244 g/mol. The van der Waals surface area contributed by atoms with Crippen LogP contribution >= 0.6 is 11.6 Å². The number of amides is 2. The molecule has 2 heterocycles. The second kappa shape index (κ2) is 4.75. The van der Waals surface area contributed by atoms with Gasteiger partial charge in [-0.25, -0.2) is 0 Å². The summed E-state index contributed by atoms with van der Waals surface area (Å²) in [6.45, 7) is 0. The summed E-state index contributed by atoms with van der Waals surface area (Å²) in [7, 11) is 0. The van der Waals surface area contributed by atoms with Crippen LogP contribution in [0.25, 0.3) is 0 Å². The molecule has 4 N–H and O–H groups in total. The molecule has 88 valence electrons. The molecule has 2 rings (SSSR count). The summed E-state index contributed by atoms with van der Waals surface area (Å²) in [6, 6.07) is 4.73. The van der Waals surface area contributed by atoms with Crippen LogP contribution in [0.5, 0.6) is 0 Å². The van der Waals surface area contributed by atoms with Crippen molar-refractivity contribution in [2.45, 2.75) is 0 Å². The van der Waals surface area contributed by atoms with Crippen molar-refractivity contribution in [1.29, 1.82) is 0 Å². The van der Waals surface area contributed by atoms with E-state index in [0.717, 1.165) is 0 Å². The average Bonchev–Trinajstić information content (AvgIpc) is 2.95. The Kier molecular flexibility index (Phi) is 3.15. The second-order valence-corrected chi connectivity index (χ2v) is 3.66. The van der Waals surface area contributed by atoms with Crippen LogP contribution in [0.15, 0.2) is 30.6 Å². The van der Waals surface area contributed by atoms with E-state index < -0.39 is 11.8 Å². The number of aromatic amines is 2. The first-order valence-electron chi connectivity index (χ1n) is 4.75. The molecule has 0 aliphatic carbocycles. The largest absolute Gasteiger partial charge is 0.357 e. The van der Waals surface area contributed by atoms with Crippen LogP contribution in [-0.4, -0.2) is 21.8 Å². The normalized spacial score (nSPS) is 9.94. The van der Waals surface area contributed by atoms with Gasteiger partial charge in [0.05, 0.1) is 5.02 Å². The lowest BCUT2D eigenvalue weighted by Gasteiger charge is -2.04. The highest BCUT2D eigenvalue weighted by molar-refractivity contribution is 6.30. The molecule has 7 heteroatoms. The number of H-pyrrole nitrogens is 2. The summed E-state index contributed by atoms with van der Waals surface area (Å²) >= 11 is 5.64. The molecule has 0 unspecified atom stereocenters. The fourth-order valence-corrected chi connectivity index (χ4v) is 1.38. The number of halogens is 1. The van der Waals surface area contributed by atoms with E-state index in [-0.39, 0.29) is 5.69 Å². The van der Waals surface area contributed by atoms with E-state index in [1.807, 2.05) is 0 Å². The van der Waals surface area contributed by atoms with Crippen molar-refractivity contribution in [3.8, 4) is 0 Å². The predicted octanol–water partition coefficient (Wildman–Crippen LogP) is 1.07. The van der Waals surface area contributed by atoms with Crippen molar-refractivity contribution in [3.05, 3.63) is 47.0 Å². The monoisotopic (exact) mass is 252 g/mol. The summed E-state index contributed by atoms with van der Waals surface area (Å²) in [5.41, 5.74) is 5.13. The van der Waals surface area contributed by atoms with E-state index in [0.29, 0.717) is 10.7 Å². The average molecular weight is 253 g/mol. The molecule has 0 atom stereocenters. The Balaban J connectivity index is 1.91. The van der Waals surface area contributed by atoms with Crippen LogP contribution < -0.4 is 10.9 Å². The Bertz CT molecular complexity index is 532. The summed E-state index contributed by atoms with van der Waals surface area (Å²) in [4.78, 5) is 28.3. The molecule has 0 saturated heterocycles. The van der Waals surface area contributed by atoms with Gasteiger partial charge in [-0.15, -0.1) is 0 Å². The van der Waals surface area contributed by atoms with Crippen molar-refractivity contribution < 1.29 is 9.59 Å². The second-order valence-electron chi connectivity index (χ2n) is 3.22. The van der Waals surface area contributed by atoms with E-state index >= 15 is 0 Å². The smallest absolute Gasteiger partial charge is 0.286 e. The Labute approximate surface area is 101 Å². The Morgan fingerprint density at radius 3 is 2.35 bits per heavy atom.